The molecule has 0 bridgehead atoms. The highest BCUT2D eigenvalue weighted by Crippen LogP contribution is 2.19. The van der Waals surface area contributed by atoms with Gasteiger partial charge in [-0.15, -0.1) is 0 Å². The minimum atomic E-state index is -0.217. The van der Waals surface area contributed by atoms with E-state index in [1.165, 1.54) is 25.0 Å². The second-order valence-electron chi connectivity index (χ2n) is 4.97. The highest BCUT2D eigenvalue weighted by molar-refractivity contribution is 5.20. The maximum Gasteiger partial charge on any atom is 0.132 e. The first-order valence-corrected chi connectivity index (χ1v) is 6.57. The van der Waals surface area contributed by atoms with E-state index in [-0.39, 0.29) is 5.82 Å². The van der Waals surface area contributed by atoms with E-state index in [4.69, 9.17) is 0 Å². The molecule has 1 fully saturated rings. The number of hydrogen-bond donors (Lipinski definition) is 1. The van der Waals surface area contributed by atoms with Crippen LogP contribution < -0.4 is 5.32 Å². The van der Waals surface area contributed by atoms with Gasteiger partial charge in [-0.05, 0) is 30.5 Å². The van der Waals surface area contributed by atoms with E-state index in [0.717, 1.165) is 23.5 Å². The molecule has 0 amide bonds. The predicted octanol–water partition coefficient (Wildman–Crippen LogP) is 2.46. The topological polar surface area (TPSA) is 37.8 Å². The van der Waals surface area contributed by atoms with Crippen molar-refractivity contribution in [3.05, 3.63) is 59.4 Å². The lowest BCUT2D eigenvalue weighted by atomic mass is 10.1. The summed E-state index contributed by atoms with van der Waals surface area (Å²) in [5.41, 5.74) is 2.13. The predicted molar refractivity (Wildman–Crippen MR) is 71.1 cm³/mol. The molecule has 0 unspecified atom stereocenters. The molecule has 1 heterocycles. The van der Waals surface area contributed by atoms with E-state index in [1.807, 2.05) is 12.4 Å². The van der Waals surface area contributed by atoms with Gasteiger partial charge >= 0.3 is 0 Å². The summed E-state index contributed by atoms with van der Waals surface area (Å²) in [6.07, 6.45) is 6.92. The summed E-state index contributed by atoms with van der Waals surface area (Å²) in [6, 6.07) is 7.15. The lowest BCUT2D eigenvalue weighted by Crippen LogP contribution is -2.15. The standard InChI is InChI=1S/C15H16FN3/c16-13-3-1-11(2-4-13)7-15-18-9-12(10-19-15)8-17-14-5-6-14/h1-4,9-10,14,17H,5-8H2. The van der Waals surface area contributed by atoms with Gasteiger partial charge in [0.15, 0.2) is 0 Å². The van der Waals surface area contributed by atoms with Crippen LogP contribution in [0, 0.1) is 5.82 Å². The van der Waals surface area contributed by atoms with Crippen LogP contribution in [0.2, 0.25) is 0 Å². The monoisotopic (exact) mass is 257 g/mol. The van der Waals surface area contributed by atoms with Crippen LogP contribution in [-0.2, 0) is 13.0 Å². The molecule has 0 spiro atoms. The SMILES string of the molecule is Fc1ccc(Cc2ncc(CNC3CC3)cn2)cc1. The smallest absolute Gasteiger partial charge is 0.132 e. The van der Waals surface area contributed by atoms with Crippen molar-refractivity contribution in [1.29, 1.82) is 0 Å². The van der Waals surface area contributed by atoms with E-state index < -0.39 is 0 Å². The summed E-state index contributed by atoms with van der Waals surface area (Å²) >= 11 is 0. The Morgan fingerprint density at radius 2 is 1.74 bits per heavy atom. The van der Waals surface area contributed by atoms with Gasteiger partial charge in [0.25, 0.3) is 0 Å². The first-order chi connectivity index (χ1) is 9.29. The minimum Gasteiger partial charge on any atom is -0.310 e. The van der Waals surface area contributed by atoms with Gasteiger partial charge in [0.1, 0.15) is 11.6 Å². The molecule has 1 aromatic carbocycles. The van der Waals surface area contributed by atoms with Crippen molar-refractivity contribution in [2.45, 2.75) is 31.8 Å². The maximum absolute atomic E-state index is 12.8. The first-order valence-electron chi connectivity index (χ1n) is 6.57. The fraction of sp³-hybridized carbons (Fsp3) is 0.333. The number of rotatable bonds is 5. The number of halogens is 1. The van der Waals surface area contributed by atoms with Crippen molar-refractivity contribution in [1.82, 2.24) is 15.3 Å². The Morgan fingerprint density at radius 1 is 1.05 bits per heavy atom. The zero-order valence-electron chi connectivity index (χ0n) is 10.6. The molecule has 1 saturated carbocycles. The summed E-state index contributed by atoms with van der Waals surface area (Å²) in [5, 5.41) is 3.43. The van der Waals surface area contributed by atoms with Crippen LogP contribution >= 0.6 is 0 Å². The Hall–Kier alpha value is -1.81. The molecule has 0 saturated heterocycles. The van der Waals surface area contributed by atoms with Gasteiger partial charge in [0.05, 0.1) is 0 Å². The molecule has 2 aromatic rings. The van der Waals surface area contributed by atoms with E-state index in [0.29, 0.717) is 12.5 Å². The number of hydrogen-bond acceptors (Lipinski definition) is 3. The van der Waals surface area contributed by atoms with Crippen LogP contribution in [0.5, 0.6) is 0 Å². The molecule has 3 rings (SSSR count). The van der Waals surface area contributed by atoms with E-state index in [2.05, 4.69) is 15.3 Å². The molecule has 19 heavy (non-hydrogen) atoms. The van der Waals surface area contributed by atoms with Crippen molar-refractivity contribution in [2.24, 2.45) is 0 Å². The molecule has 0 atom stereocenters. The summed E-state index contributed by atoms with van der Waals surface area (Å²) in [7, 11) is 0. The van der Waals surface area contributed by atoms with Gasteiger partial charge in [-0.1, -0.05) is 12.1 Å². The zero-order valence-corrected chi connectivity index (χ0v) is 10.6. The zero-order chi connectivity index (χ0) is 13.1. The number of nitrogens with zero attached hydrogens (tertiary/aromatic N) is 2. The highest BCUT2D eigenvalue weighted by Gasteiger charge is 2.19. The van der Waals surface area contributed by atoms with Crippen LogP contribution in [0.25, 0.3) is 0 Å². The number of aromatic nitrogens is 2. The summed E-state index contributed by atoms with van der Waals surface area (Å²) in [5.74, 6) is 0.549. The van der Waals surface area contributed by atoms with E-state index in [9.17, 15) is 4.39 Å². The summed E-state index contributed by atoms with van der Waals surface area (Å²) in [4.78, 5) is 8.70. The lowest BCUT2D eigenvalue weighted by Gasteiger charge is -2.04. The molecular formula is C15H16FN3. The molecular weight excluding hydrogens is 241 g/mol. The maximum atomic E-state index is 12.8. The second-order valence-corrected chi connectivity index (χ2v) is 4.97. The second kappa shape index (κ2) is 5.45. The molecule has 1 N–H and O–H groups in total. The van der Waals surface area contributed by atoms with Crippen molar-refractivity contribution in [2.75, 3.05) is 0 Å². The summed E-state index contributed by atoms with van der Waals surface area (Å²) < 4.78 is 12.8. The molecule has 1 aliphatic carbocycles. The van der Waals surface area contributed by atoms with Gasteiger partial charge in [-0.2, -0.15) is 0 Å². The molecule has 3 nitrogen and oxygen atoms in total. The van der Waals surface area contributed by atoms with Crippen molar-refractivity contribution in [3.63, 3.8) is 0 Å². The normalized spacial score (nSPS) is 14.6. The van der Waals surface area contributed by atoms with Crippen LogP contribution in [0.15, 0.2) is 36.7 Å². The van der Waals surface area contributed by atoms with Crippen LogP contribution in [0.1, 0.15) is 29.8 Å². The third-order valence-electron chi connectivity index (χ3n) is 3.21. The third kappa shape index (κ3) is 3.58. The van der Waals surface area contributed by atoms with Gasteiger partial charge < -0.3 is 5.32 Å². The third-order valence-corrected chi connectivity index (χ3v) is 3.21. The van der Waals surface area contributed by atoms with Gasteiger partial charge in [0.2, 0.25) is 0 Å². The minimum absolute atomic E-state index is 0.217. The van der Waals surface area contributed by atoms with Gasteiger partial charge in [-0.3, -0.25) is 0 Å². The number of nitrogens with one attached hydrogen (secondary N) is 1. The number of benzene rings is 1. The van der Waals surface area contributed by atoms with Crippen molar-refractivity contribution in [3.8, 4) is 0 Å². The fourth-order valence-corrected chi connectivity index (χ4v) is 1.90. The van der Waals surface area contributed by atoms with Gasteiger partial charge in [-0.25, -0.2) is 14.4 Å². The Bertz CT molecular complexity index is 532. The molecule has 1 aromatic heterocycles. The summed E-state index contributed by atoms with van der Waals surface area (Å²) in [6.45, 7) is 0.835. The fourth-order valence-electron chi connectivity index (χ4n) is 1.90. The largest absolute Gasteiger partial charge is 0.310 e. The van der Waals surface area contributed by atoms with Crippen molar-refractivity contribution < 1.29 is 4.39 Å². The van der Waals surface area contributed by atoms with Crippen molar-refractivity contribution >= 4 is 0 Å². The highest BCUT2D eigenvalue weighted by atomic mass is 19.1. The van der Waals surface area contributed by atoms with E-state index >= 15 is 0 Å². The quantitative estimate of drug-likeness (QED) is 0.894. The van der Waals surface area contributed by atoms with Gasteiger partial charge in [0, 0.05) is 37.0 Å². The lowest BCUT2D eigenvalue weighted by molar-refractivity contribution is 0.627. The molecule has 4 heteroatoms. The molecule has 0 radical (unpaired) electrons. The molecule has 98 valence electrons. The Morgan fingerprint density at radius 3 is 2.37 bits per heavy atom. The van der Waals surface area contributed by atoms with E-state index in [1.54, 1.807) is 12.1 Å². The average Bonchev–Trinajstić information content (AvgIpc) is 3.25. The Kier molecular flexibility index (Phi) is 3.51. The average molecular weight is 257 g/mol. The molecule has 0 aliphatic heterocycles. The first kappa shape index (κ1) is 12.2. The van der Waals surface area contributed by atoms with Crippen LogP contribution in [-0.4, -0.2) is 16.0 Å². The Balaban J connectivity index is 1.59. The van der Waals surface area contributed by atoms with Crippen LogP contribution in [0.3, 0.4) is 0 Å². The van der Waals surface area contributed by atoms with Crippen LogP contribution in [0.4, 0.5) is 4.39 Å². The molecule has 1 aliphatic rings. The Labute approximate surface area is 111 Å².